The number of aliphatic hydroxyl groups is 1. The van der Waals surface area contributed by atoms with E-state index in [1.807, 2.05) is 0 Å². The predicted molar refractivity (Wildman–Crippen MR) is 171 cm³/mol. The van der Waals surface area contributed by atoms with E-state index in [0.29, 0.717) is 6.61 Å². The molecule has 0 aromatic rings. The zero-order valence-corrected chi connectivity index (χ0v) is 27.1. The molecule has 0 aliphatic rings. The number of carbonyl (C=O) groups excluding carboxylic acids is 1. The van der Waals surface area contributed by atoms with E-state index in [-0.39, 0.29) is 18.0 Å². The number of carbonyl (C=O) groups is 1. The fourth-order valence-electron chi connectivity index (χ4n) is 5.68. The van der Waals surface area contributed by atoms with Crippen LogP contribution in [0.15, 0.2) is 0 Å². The molecule has 0 radical (unpaired) electrons. The maximum absolute atomic E-state index is 12.8. The summed E-state index contributed by atoms with van der Waals surface area (Å²) in [6.07, 6.45) is 35.5. The van der Waals surface area contributed by atoms with Crippen LogP contribution in [0.3, 0.4) is 0 Å². The summed E-state index contributed by atoms with van der Waals surface area (Å²) in [5.41, 5.74) is 0. The molecule has 0 aliphatic carbocycles. The van der Waals surface area contributed by atoms with Gasteiger partial charge in [-0.15, -0.1) is 0 Å². The van der Waals surface area contributed by atoms with Crippen LogP contribution < -0.4 is 0 Å². The van der Waals surface area contributed by atoms with Crippen LogP contribution in [-0.2, 0) is 9.53 Å². The molecule has 0 aromatic heterocycles. The van der Waals surface area contributed by atoms with E-state index in [1.165, 1.54) is 148 Å². The summed E-state index contributed by atoms with van der Waals surface area (Å²) in [7, 11) is 0. The van der Waals surface area contributed by atoms with E-state index in [1.54, 1.807) is 0 Å². The quantitative estimate of drug-likeness (QED) is 0.0666. The predicted octanol–water partition coefficient (Wildman–Crippen LogP) is 11.9. The molecule has 0 saturated carbocycles. The van der Waals surface area contributed by atoms with Gasteiger partial charge in [-0.1, -0.05) is 175 Å². The van der Waals surface area contributed by atoms with Crippen LogP contribution in [0.4, 0.5) is 0 Å². The average molecular weight is 553 g/mol. The van der Waals surface area contributed by atoms with Gasteiger partial charge in [-0.25, -0.2) is 0 Å². The summed E-state index contributed by atoms with van der Waals surface area (Å²) < 4.78 is 5.76. The van der Waals surface area contributed by atoms with Crippen molar-refractivity contribution in [1.82, 2.24) is 0 Å². The molecular weight excluding hydrogens is 480 g/mol. The summed E-state index contributed by atoms with van der Waals surface area (Å²) in [6, 6.07) is 0. The monoisotopic (exact) mass is 553 g/mol. The van der Waals surface area contributed by atoms with Gasteiger partial charge >= 0.3 is 5.97 Å². The lowest BCUT2D eigenvalue weighted by Crippen LogP contribution is -2.18. The fraction of sp³-hybridized carbons (Fsp3) is 0.972. The largest absolute Gasteiger partial charge is 0.465 e. The minimum Gasteiger partial charge on any atom is -0.465 e. The molecule has 0 rings (SSSR count). The highest BCUT2D eigenvalue weighted by molar-refractivity contribution is 5.72. The normalized spacial score (nSPS) is 13.0. The first-order valence-corrected chi connectivity index (χ1v) is 18.0. The van der Waals surface area contributed by atoms with Crippen molar-refractivity contribution in [2.75, 3.05) is 6.61 Å². The van der Waals surface area contributed by atoms with Gasteiger partial charge < -0.3 is 9.84 Å². The minimum atomic E-state index is -0.0826. The van der Waals surface area contributed by atoms with Gasteiger partial charge in [0.15, 0.2) is 0 Å². The first-order chi connectivity index (χ1) is 19.2. The van der Waals surface area contributed by atoms with Gasteiger partial charge in [0.25, 0.3) is 0 Å². The van der Waals surface area contributed by atoms with Gasteiger partial charge in [0.05, 0.1) is 18.6 Å². The molecule has 0 aromatic carbocycles. The molecule has 0 amide bonds. The highest BCUT2D eigenvalue weighted by Gasteiger charge is 2.19. The van der Waals surface area contributed by atoms with Gasteiger partial charge in [0.1, 0.15) is 0 Å². The summed E-state index contributed by atoms with van der Waals surface area (Å²) >= 11 is 0. The number of esters is 1. The van der Waals surface area contributed by atoms with E-state index in [0.717, 1.165) is 38.5 Å². The van der Waals surface area contributed by atoms with Gasteiger partial charge in [-0.2, -0.15) is 0 Å². The first-order valence-electron chi connectivity index (χ1n) is 18.0. The highest BCUT2D eigenvalue weighted by atomic mass is 16.5. The molecule has 0 heterocycles. The molecular formula is C36H72O3. The lowest BCUT2D eigenvalue weighted by atomic mass is 9.94. The molecule has 0 bridgehead atoms. The topological polar surface area (TPSA) is 46.5 Å². The van der Waals surface area contributed by atoms with Crippen molar-refractivity contribution in [3.8, 4) is 0 Å². The third kappa shape index (κ3) is 28.7. The van der Waals surface area contributed by atoms with Crippen molar-refractivity contribution in [3.05, 3.63) is 0 Å². The number of unbranched alkanes of at least 4 members (excludes halogenated alkanes) is 21. The zero-order valence-electron chi connectivity index (χ0n) is 27.1. The second kappa shape index (κ2) is 32.0. The van der Waals surface area contributed by atoms with Gasteiger partial charge in [0, 0.05) is 0 Å². The lowest BCUT2D eigenvalue weighted by Gasteiger charge is -2.16. The van der Waals surface area contributed by atoms with Crippen LogP contribution in [0.5, 0.6) is 0 Å². The Morgan fingerprint density at radius 2 is 0.769 bits per heavy atom. The number of rotatable bonds is 32. The Labute approximate surface area is 246 Å². The summed E-state index contributed by atoms with van der Waals surface area (Å²) in [6.45, 7) is 7.38. The standard InChI is InChI=1S/C36H72O3/c1-4-7-10-13-14-15-19-23-28-33-39-36(38)34(29-24-20-11-8-5-2)30-25-21-17-16-18-22-27-32-35(37)31-26-12-9-6-3/h34-35,37H,4-33H2,1-3H3. The Hall–Kier alpha value is -0.570. The third-order valence-corrected chi connectivity index (χ3v) is 8.46. The lowest BCUT2D eigenvalue weighted by molar-refractivity contribution is -0.149. The Bertz CT molecular complexity index is 478. The highest BCUT2D eigenvalue weighted by Crippen LogP contribution is 2.21. The molecule has 0 fully saturated rings. The Balaban J connectivity index is 3.94. The Morgan fingerprint density at radius 3 is 1.18 bits per heavy atom. The summed E-state index contributed by atoms with van der Waals surface area (Å²) in [4.78, 5) is 12.8. The summed E-state index contributed by atoms with van der Waals surface area (Å²) in [5, 5.41) is 10.1. The average Bonchev–Trinajstić information content (AvgIpc) is 2.94. The smallest absolute Gasteiger partial charge is 0.308 e. The van der Waals surface area contributed by atoms with Crippen LogP contribution in [0.2, 0.25) is 0 Å². The third-order valence-electron chi connectivity index (χ3n) is 8.46. The maximum Gasteiger partial charge on any atom is 0.308 e. The molecule has 0 spiro atoms. The SMILES string of the molecule is CCCCCCCCCCCOC(=O)C(CCCCCCC)CCCCCCCCCC(O)CCCCCC. The van der Waals surface area contributed by atoms with Gasteiger partial charge in [0.2, 0.25) is 0 Å². The van der Waals surface area contributed by atoms with Crippen LogP contribution >= 0.6 is 0 Å². The van der Waals surface area contributed by atoms with Crippen molar-refractivity contribution < 1.29 is 14.6 Å². The Morgan fingerprint density at radius 1 is 0.462 bits per heavy atom. The number of hydrogen-bond donors (Lipinski definition) is 1. The van der Waals surface area contributed by atoms with Crippen molar-refractivity contribution in [2.45, 2.75) is 213 Å². The van der Waals surface area contributed by atoms with E-state index in [2.05, 4.69) is 20.8 Å². The second-order valence-electron chi connectivity index (χ2n) is 12.5. The molecule has 0 aliphatic heterocycles. The van der Waals surface area contributed by atoms with E-state index >= 15 is 0 Å². The van der Waals surface area contributed by atoms with E-state index in [9.17, 15) is 9.90 Å². The molecule has 234 valence electrons. The Kier molecular flexibility index (Phi) is 31.5. The van der Waals surface area contributed by atoms with Crippen molar-refractivity contribution in [2.24, 2.45) is 5.92 Å². The molecule has 39 heavy (non-hydrogen) atoms. The molecule has 3 heteroatoms. The fourth-order valence-corrected chi connectivity index (χ4v) is 5.68. The molecule has 0 saturated heterocycles. The van der Waals surface area contributed by atoms with Crippen LogP contribution in [0.25, 0.3) is 0 Å². The van der Waals surface area contributed by atoms with Gasteiger partial charge in [-0.05, 0) is 32.1 Å². The molecule has 2 atom stereocenters. The van der Waals surface area contributed by atoms with Crippen LogP contribution in [-0.4, -0.2) is 23.8 Å². The zero-order chi connectivity index (χ0) is 28.7. The van der Waals surface area contributed by atoms with Crippen molar-refractivity contribution in [3.63, 3.8) is 0 Å². The van der Waals surface area contributed by atoms with Crippen molar-refractivity contribution >= 4 is 5.97 Å². The second-order valence-corrected chi connectivity index (χ2v) is 12.5. The maximum atomic E-state index is 12.8. The van der Waals surface area contributed by atoms with E-state index < -0.39 is 0 Å². The van der Waals surface area contributed by atoms with Crippen LogP contribution in [0.1, 0.15) is 207 Å². The number of aliphatic hydroxyl groups excluding tert-OH is 1. The summed E-state index contributed by atoms with van der Waals surface area (Å²) in [5.74, 6) is 0.197. The van der Waals surface area contributed by atoms with Gasteiger partial charge in [-0.3, -0.25) is 4.79 Å². The van der Waals surface area contributed by atoms with E-state index in [4.69, 9.17) is 4.74 Å². The number of ether oxygens (including phenoxy) is 1. The van der Waals surface area contributed by atoms with Crippen molar-refractivity contribution in [1.29, 1.82) is 0 Å². The number of hydrogen-bond acceptors (Lipinski definition) is 3. The molecule has 1 N–H and O–H groups in total. The van der Waals surface area contributed by atoms with Crippen LogP contribution in [0, 0.1) is 5.92 Å². The minimum absolute atomic E-state index is 0.0818. The molecule has 3 nitrogen and oxygen atoms in total. The first kappa shape index (κ1) is 38.4. The molecule has 2 unspecified atom stereocenters.